The summed E-state index contributed by atoms with van der Waals surface area (Å²) in [5, 5.41) is 0. The highest BCUT2D eigenvalue weighted by Crippen LogP contribution is 2.23. The Morgan fingerprint density at radius 3 is 1.88 bits per heavy atom. The summed E-state index contributed by atoms with van der Waals surface area (Å²) < 4.78 is 32.0. The van der Waals surface area contributed by atoms with E-state index in [4.69, 9.17) is 4.74 Å². The Kier molecular flexibility index (Phi) is 11.2. The van der Waals surface area contributed by atoms with Crippen LogP contribution >= 0.6 is 0 Å². The Labute approximate surface area is 149 Å². The van der Waals surface area contributed by atoms with Gasteiger partial charge in [-0.15, -0.1) is 0 Å². The number of nitrogens with zero attached hydrogens (tertiary/aromatic N) is 1. The van der Waals surface area contributed by atoms with Crippen LogP contribution in [0, 0.1) is 0 Å². The molecule has 0 saturated carbocycles. The van der Waals surface area contributed by atoms with Crippen molar-refractivity contribution in [1.82, 2.24) is 4.31 Å². The summed E-state index contributed by atoms with van der Waals surface area (Å²) in [5.41, 5.74) is 1.15. The Morgan fingerprint density at radius 2 is 1.46 bits per heavy atom. The zero-order valence-electron chi connectivity index (χ0n) is 16.4. The van der Waals surface area contributed by atoms with Crippen molar-refractivity contribution < 1.29 is 13.2 Å². The van der Waals surface area contributed by atoms with Gasteiger partial charge in [-0.1, -0.05) is 53.7 Å². The molecule has 1 aliphatic heterocycles. The van der Waals surface area contributed by atoms with Crippen molar-refractivity contribution in [2.45, 2.75) is 71.2 Å². The molecule has 0 bridgehead atoms. The average molecular weight is 358 g/mol. The van der Waals surface area contributed by atoms with E-state index in [0.717, 1.165) is 18.4 Å². The van der Waals surface area contributed by atoms with Crippen molar-refractivity contribution in [3.63, 3.8) is 0 Å². The van der Waals surface area contributed by atoms with E-state index in [1.807, 2.05) is 39.8 Å². The van der Waals surface area contributed by atoms with E-state index in [0.29, 0.717) is 24.0 Å². The first kappa shape index (κ1) is 23.1. The van der Waals surface area contributed by atoms with Crippen molar-refractivity contribution in [3.05, 3.63) is 29.8 Å². The second-order valence-electron chi connectivity index (χ2n) is 5.59. The van der Waals surface area contributed by atoms with Gasteiger partial charge in [0.25, 0.3) is 0 Å². The van der Waals surface area contributed by atoms with Gasteiger partial charge in [0.2, 0.25) is 10.0 Å². The van der Waals surface area contributed by atoms with Crippen molar-refractivity contribution in [3.8, 4) is 0 Å². The molecule has 0 atom stereocenters. The van der Waals surface area contributed by atoms with Crippen LogP contribution in [-0.4, -0.2) is 39.0 Å². The Bertz CT molecular complexity index is 532. The van der Waals surface area contributed by atoms with Gasteiger partial charge in [-0.3, -0.25) is 0 Å². The highest BCUT2D eigenvalue weighted by Gasteiger charge is 2.29. The lowest BCUT2D eigenvalue weighted by atomic mass is 10.0. The molecule has 0 amide bonds. The molecule has 1 saturated heterocycles. The molecule has 1 heterocycles. The van der Waals surface area contributed by atoms with Crippen LogP contribution in [0.25, 0.3) is 0 Å². The molecule has 5 heteroatoms. The van der Waals surface area contributed by atoms with Gasteiger partial charge in [0.05, 0.1) is 4.90 Å². The van der Waals surface area contributed by atoms with Gasteiger partial charge < -0.3 is 4.74 Å². The molecule has 1 aromatic carbocycles. The summed E-state index contributed by atoms with van der Waals surface area (Å²) in [6.45, 7) is 13.5. The topological polar surface area (TPSA) is 46.6 Å². The minimum atomic E-state index is -3.40. The molecule has 140 valence electrons. The van der Waals surface area contributed by atoms with Gasteiger partial charge in [0.15, 0.2) is 0 Å². The number of hydrogen-bond acceptors (Lipinski definition) is 3. The fourth-order valence-corrected chi connectivity index (χ4v) is 3.85. The minimum absolute atomic E-state index is 0.0403. The van der Waals surface area contributed by atoms with Gasteiger partial charge in [-0.25, -0.2) is 8.42 Å². The van der Waals surface area contributed by atoms with E-state index < -0.39 is 10.0 Å². The lowest BCUT2D eigenvalue weighted by molar-refractivity contribution is 0.0632. The van der Waals surface area contributed by atoms with Gasteiger partial charge >= 0.3 is 0 Å². The smallest absolute Gasteiger partial charge is 0.243 e. The molecule has 0 spiro atoms. The van der Waals surface area contributed by atoms with Gasteiger partial charge in [-0.05, 0) is 36.5 Å². The maximum Gasteiger partial charge on any atom is 0.243 e. The highest BCUT2D eigenvalue weighted by molar-refractivity contribution is 7.89. The summed E-state index contributed by atoms with van der Waals surface area (Å²) in [4.78, 5) is 0.371. The summed E-state index contributed by atoms with van der Waals surface area (Å²) >= 11 is 0. The number of rotatable bonds is 4. The molecule has 1 aromatic rings. The molecular formula is C19H35NO3S. The zero-order chi connectivity index (χ0) is 18.8. The maximum absolute atomic E-state index is 12.6. The standard InChI is InChI=1S/C15H23NO3S.2C2H6/c1-12(2)13-4-6-15(7-5-13)20(17,18)16(3)14-8-10-19-11-9-14;2*1-2/h4-7,12,14H,8-11H2,1-3H3;2*1-2H3. The van der Waals surface area contributed by atoms with Crippen molar-refractivity contribution in [2.75, 3.05) is 20.3 Å². The Morgan fingerprint density at radius 1 is 1.00 bits per heavy atom. The second kappa shape index (κ2) is 11.6. The molecule has 1 fully saturated rings. The van der Waals surface area contributed by atoms with E-state index >= 15 is 0 Å². The van der Waals surface area contributed by atoms with Crippen LogP contribution in [0.2, 0.25) is 0 Å². The van der Waals surface area contributed by atoms with Crippen LogP contribution in [0.5, 0.6) is 0 Å². The number of hydrogen-bond donors (Lipinski definition) is 0. The lowest BCUT2D eigenvalue weighted by Crippen LogP contribution is -2.40. The van der Waals surface area contributed by atoms with Gasteiger partial charge in [0.1, 0.15) is 0 Å². The first-order valence-electron chi connectivity index (χ1n) is 9.08. The summed E-state index contributed by atoms with van der Waals surface area (Å²) in [7, 11) is -1.73. The predicted molar refractivity (Wildman–Crippen MR) is 102 cm³/mol. The van der Waals surface area contributed by atoms with Crippen molar-refractivity contribution in [1.29, 1.82) is 0 Å². The third-order valence-electron chi connectivity index (χ3n) is 3.93. The molecule has 4 nitrogen and oxygen atoms in total. The normalized spacial score (nSPS) is 15.4. The first-order chi connectivity index (χ1) is 11.4. The molecule has 0 aromatic heterocycles. The van der Waals surface area contributed by atoms with Crippen molar-refractivity contribution >= 4 is 10.0 Å². The molecule has 1 aliphatic rings. The Balaban J connectivity index is 0.00000123. The molecule has 24 heavy (non-hydrogen) atoms. The Hall–Kier alpha value is -0.910. The molecule has 0 unspecified atom stereocenters. The molecule has 0 radical (unpaired) electrons. The molecule has 2 rings (SSSR count). The highest BCUT2D eigenvalue weighted by atomic mass is 32.2. The maximum atomic E-state index is 12.6. The number of ether oxygens (including phenoxy) is 1. The minimum Gasteiger partial charge on any atom is -0.381 e. The number of sulfonamides is 1. The van der Waals surface area contributed by atoms with Crippen LogP contribution in [0.3, 0.4) is 0 Å². The lowest BCUT2D eigenvalue weighted by Gasteiger charge is -2.30. The summed E-state index contributed by atoms with van der Waals surface area (Å²) in [6.07, 6.45) is 1.53. The van der Waals surface area contributed by atoms with E-state index in [-0.39, 0.29) is 6.04 Å². The van der Waals surface area contributed by atoms with E-state index in [1.165, 1.54) is 4.31 Å². The van der Waals surface area contributed by atoms with Crippen molar-refractivity contribution in [2.24, 2.45) is 0 Å². The van der Waals surface area contributed by atoms with Gasteiger partial charge in [-0.2, -0.15) is 4.31 Å². The third-order valence-corrected chi connectivity index (χ3v) is 5.85. The molecule has 0 N–H and O–H groups in total. The third kappa shape index (κ3) is 6.19. The van der Waals surface area contributed by atoms with Crippen LogP contribution in [-0.2, 0) is 14.8 Å². The summed E-state index contributed by atoms with van der Waals surface area (Å²) in [6, 6.07) is 7.25. The average Bonchev–Trinajstić information content (AvgIpc) is 2.65. The SMILES string of the molecule is CC.CC.CC(C)c1ccc(S(=O)(=O)N(C)C2CCOCC2)cc1. The fraction of sp³-hybridized carbons (Fsp3) is 0.684. The summed E-state index contributed by atoms with van der Waals surface area (Å²) in [5.74, 6) is 0.403. The first-order valence-corrected chi connectivity index (χ1v) is 10.5. The van der Waals surface area contributed by atoms with E-state index in [1.54, 1.807) is 19.2 Å². The van der Waals surface area contributed by atoms with Crippen LogP contribution < -0.4 is 0 Å². The monoisotopic (exact) mass is 357 g/mol. The van der Waals surface area contributed by atoms with E-state index in [2.05, 4.69) is 13.8 Å². The predicted octanol–water partition coefficient (Wildman–Crippen LogP) is 4.66. The number of benzene rings is 1. The van der Waals surface area contributed by atoms with E-state index in [9.17, 15) is 8.42 Å². The largest absolute Gasteiger partial charge is 0.381 e. The van der Waals surface area contributed by atoms with Crippen LogP contribution in [0.4, 0.5) is 0 Å². The van der Waals surface area contributed by atoms with Crippen LogP contribution in [0.1, 0.15) is 65.9 Å². The quantitative estimate of drug-likeness (QED) is 0.787. The second-order valence-corrected chi connectivity index (χ2v) is 7.59. The van der Waals surface area contributed by atoms with Crippen LogP contribution in [0.15, 0.2) is 29.2 Å². The zero-order valence-corrected chi connectivity index (χ0v) is 17.2. The molecular weight excluding hydrogens is 322 g/mol. The fourth-order valence-electron chi connectivity index (χ4n) is 2.44. The molecule has 0 aliphatic carbocycles. The van der Waals surface area contributed by atoms with Gasteiger partial charge in [0, 0.05) is 26.3 Å².